The summed E-state index contributed by atoms with van der Waals surface area (Å²) in [5.41, 5.74) is 3.44. The Hall–Kier alpha value is -1.98. The minimum atomic E-state index is 0.231. The van der Waals surface area contributed by atoms with Crippen LogP contribution in [0.1, 0.15) is 17.7 Å². The van der Waals surface area contributed by atoms with Crippen LogP contribution in [0.4, 0.5) is 0 Å². The first-order valence-corrected chi connectivity index (χ1v) is 10.8. The predicted molar refractivity (Wildman–Crippen MR) is 119 cm³/mol. The standard InChI is InChI=1S/C24H28ClN3O/c25-21-7-9-24-20(16-21)6-8-22(26-24)17-27-13-14-28(23(18-27)11-15-29)12-10-19-4-2-1-3-5-19/h1-9,16,23,29H,10-15,17-18H2. The molecule has 1 unspecified atom stereocenters. The topological polar surface area (TPSA) is 39.6 Å². The van der Waals surface area contributed by atoms with Crippen molar-refractivity contribution in [3.8, 4) is 0 Å². The number of hydrogen-bond acceptors (Lipinski definition) is 4. The summed E-state index contributed by atoms with van der Waals surface area (Å²) in [6.07, 6.45) is 1.87. The van der Waals surface area contributed by atoms with E-state index in [1.165, 1.54) is 5.56 Å². The van der Waals surface area contributed by atoms with Crippen molar-refractivity contribution in [2.45, 2.75) is 25.4 Å². The van der Waals surface area contributed by atoms with Crippen molar-refractivity contribution in [2.75, 3.05) is 32.8 Å². The van der Waals surface area contributed by atoms with Gasteiger partial charge < -0.3 is 5.11 Å². The smallest absolute Gasteiger partial charge is 0.0706 e. The Balaban J connectivity index is 1.38. The highest BCUT2D eigenvalue weighted by atomic mass is 35.5. The number of aliphatic hydroxyl groups excluding tert-OH is 1. The van der Waals surface area contributed by atoms with Crippen LogP contribution in [-0.2, 0) is 13.0 Å². The molecule has 0 radical (unpaired) electrons. The van der Waals surface area contributed by atoms with E-state index in [1.54, 1.807) is 0 Å². The van der Waals surface area contributed by atoms with Gasteiger partial charge >= 0.3 is 0 Å². The fraction of sp³-hybridized carbons (Fsp3) is 0.375. The fourth-order valence-corrected chi connectivity index (χ4v) is 4.37. The van der Waals surface area contributed by atoms with Crippen molar-refractivity contribution in [3.63, 3.8) is 0 Å². The molecular formula is C24H28ClN3O. The molecule has 5 heteroatoms. The van der Waals surface area contributed by atoms with Crippen molar-refractivity contribution in [2.24, 2.45) is 0 Å². The van der Waals surface area contributed by atoms with Gasteiger partial charge in [0.1, 0.15) is 0 Å². The van der Waals surface area contributed by atoms with Crippen molar-refractivity contribution in [3.05, 3.63) is 76.9 Å². The monoisotopic (exact) mass is 409 g/mol. The maximum Gasteiger partial charge on any atom is 0.0706 e. The first-order valence-electron chi connectivity index (χ1n) is 10.4. The third kappa shape index (κ3) is 5.34. The third-order valence-corrected chi connectivity index (χ3v) is 6.01. The highest BCUT2D eigenvalue weighted by Crippen LogP contribution is 2.20. The molecule has 2 aromatic carbocycles. The quantitative estimate of drug-likeness (QED) is 0.640. The molecule has 4 rings (SSSR count). The molecule has 152 valence electrons. The number of fused-ring (bicyclic) bond motifs is 1. The lowest BCUT2D eigenvalue weighted by Crippen LogP contribution is -2.53. The molecule has 2 heterocycles. The molecule has 1 aromatic heterocycles. The number of halogens is 1. The number of nitrogens with zero attached hydrogens (tertiary/aromatic N) is 3. The van der Waals surface area contributed by atoms with E-state index in [2.05, 4.69) is 52.3 Å². The number of benzene rings is 2. The third-order valence-electron chi connectivity index (χ3n) is 5.78. The average molecular weight is 410 g/mol. The number of aromatic nitrogens is 1. The average Bonchev–Trinajstić information content (AvgIpc) is 2.74. The number of pyridine rings is 1. The fourth-order valence-electron chi connectivity index (χ4n) is 4.19. The van der Waals surface area contributed by atoms with Gasteiger partial charge in [0.15, 0.2) is 0 Å². The highest BCUT2D eigenvalue weighted by Gasteiger charge is 2.26. The van der Waals surface area contributed by atoms with E-state index in [9.17, 15) is 5.11 Å². The van der Waals surface area contributed by atoms with Gasteiger partial charge in [0.05, 0.1) is 11.2 Å². The summed E-state index contributed by atoms with van der Waals surface area (Å²) >= 11 is 6.08. The van der Waals surface area contributed by atoms with Gasteiger partial charge in [-0.3, -0.25) is 14.8 Å². The van der Waals surface area contributed by atoms with E-state index in [0.29, 0.717) is 6.04 Å². The first kappa shape index (κ1) is 20.3. The van der Waals surface area contributed by atoms with Crippen LogP contribution in [0.5, 0.6) is 0 Å². The van der Waals surface area contributed by atoms with E-state index >= 15 is 0 Å². The maximum absolute atomic E-state index is 9.57. The predicted octanol–water partition coefficient (Wildman–Crippen LogP) is 4.00. The summed E-state index contributed by atoms with van der Waals surface area (Å²) in [7, 11) is 0. The van der Waals surface area contributed by atoms with Gasteiger partial charge in [-0.2, -0.15) is 0 Å². The van der Waals surface area contributed by atoms with Crippen molar-refractivity contribution in [1.82, 2.24) is 14.8 Å². The van der Waals surface area contributed by atoms with Crippen molar-refractivity contribution in [1.29, 1.82) is 0 Å². The van der Waals surface area contributed by atoms with Crippen LogP contribution >= 0.6 is 11.6 Å². The van der Waals surface area contributed by atoms with Gasteiger partial charge in [-0.05, 0) is 42.7 Å². The summed E-state index contributed by atoms with van der Waals surface area (Å²) < 4.78 is 0. The largest absolute Gasteiger partial charge is 0.396 e. The Bertz CT molecular complexity index is 934. The maximum atomic E-state index is 9.57. The van der Waals surface area contributed by atoms with Crippen LogP contribution in [0.3, 0.4) is 0 Å². The molecule has 0 amide bonds. The molecule has 1 aliphatic heterocycles. The number of aliphatic hydroxyl groups is 1. The van der Waals surface area contributed by atoms with Crippen LogP contribution < -0.4 is 0 Å². The summed E-state index contributed by atoms with van der Waals surface area (Å²) in [4.78, 5) is 9.81. The van der Waals surface area contributed by atoms with Gasteiger partial charge in [-0.25, -0.2) is 0 Å². The summed E-state index contributed by atoms with van der Waals surface area (Å²) in [5, 5.41) is 11.4. The summed E-state index contributed by atoms with van der Waals surface area (Å²) in [6, 6.07) is 21.1. The second-order valence-electron chi connectivity index (χ2n) is 7.81. The van der Waals surface area contributed by atoms with E-state index < -0.39 is 0 Å². The number of hydrogen-bond donors (Lipinski definition) is 1. The number of piperazine rings is 1. The lowest BCUT2D eigenvalue weighted by Gasteiger charge is -2.41. The molecule has 1 N–H and O–H groups in total. The molecule has 0 aliphatic carbocycles. The second kappa shape index (κ2) is 9.68. The molecule has 1 atom stereocenters. The molecule has 0 saturated carbocycles. The molecule has 29 heavy (non-hydrogen) atoms. The number of rotatable bonds is 7. The second-order valence-corrected chi connectivity index (χ2v) is 8.25. The summed E-state index contributed by atoms with van der Waals surface area (Å²) in [5.74, 6) is 0. The molecule has 0 spiro atoms. The first-order chi connectivity index (χ1) is 14.2. The molecule has 1 fully saturated rings. The minimum absolute atomic E-state index is 0.231. The summed E-state index contributed by atoms with van der Waals surface area (Å²) in [6.45, 7) is 5.13. The molecule has 0 bridgehead atoms. The van der Waals surface area contributed by atoms with E-state index in [1.807, 2.05) is 18.2 Å². The molecule has 3 aromatic rings. The Morgan fingerprint density at radius 3 is 2.72 bits per heavy atom. The Kier molecular flexibility index (Phi) is 6.78. The van der Waals surface area contributed by atoms with Crippen molar-refractivity contribution < 1.29 is 5.11 Å². The van der Waals surface area contributed by atoms with Gasteiger partial charge in [0, 0.05) is 55.8 Å². The van der Waals surface area contributed by atoms with Crippen molar-refractivity contribution >= 4 is 22.5 Å². The molecule has 4 nitrogen and oxygen atoms in total. The van der Waals surface area contributed by atoms with E-state index in [-0.39, 0.29) is 6.61 Å². The van der Waals surface area contributed by atoms with Gasteiger partial charge in [-0.15, -0.1) is 0 Å². The lowest BCUT2D eigenvalue weighted by molar-refractivity contribution is 0.0556. The van der Waals surface area contributed by atoms with E-state index in [0.717, 1.165) is 67.2 Å². The zero-order valence-electron chi connectivity index (χ0n) is 16.7. The van der Waals surface area contributed by atoms with Crippen LogP contribution in [-0.4, -0.2) is 58.7 Å². The Morgan fingerprint density at radius 1 is 1.03 bits per heavy atom. The molecule has 1 aliphatic rings. The van der Waals surface area contributed by atoms with E-state index in [4.69, 9.17) is 16.6 Å². The zero-order valence-corrected chi connectivity index (χ0v) is 17.4. The van der Waals surface area contributed by atoms with Crippen LogP contribution in [0.2, 0.25) is 5.02 Å². The molecule has 1 saturated heterocycles. The van der Waals surface area contributed by atoms with Crippen LogP contribution in [0.25, 0.3) is 10.9 Å². The SMILES string of the molecule is OCCC1CN(Cc2ccc3cc(Cl)ccc3n2)CCN1CCc1ccccc1. The van der Waals surface area contributed by atoms with Gasteiger partial charge in [0.2, 0.25) is 0 Å². The van der Waals surface area contributed by atoms with Crippen LogP contribution in [0.15, 0.2) is 60.7 Å². The Morgan fingerprint density at radius 2 is 1.90 bits per heavy atom. The normalized spacial score (nSPS) is 18.3. The van der Waals surface area contributed by atoms with Gasteiger partial charge in [-0.1, -0.05) is 48.0 Å². The lowest BCUT2D eigenvalue weighted by atomic mass is 10.1. The molecular weight excluding hydrogens is 382 g/mol. The highest BCUT2D eigenvalue weighted by molar-refractivity contribution is 6.31. The van der Waals surface area contributed by atoms with Gasteiger partial charge in [0.25, 0.3) is 0 Å². The zero-order chi connectivity index (χ0) is 20.1. The minimum Gasteiger partial charge on any atom is -0.396 e. The Labute approximate surface area is 177 Å². The van der Waals surface area contributed by atoms with Crippen LogP contribution in [0, 0.1) is 0 Å².